The van der Waals surface area contributed by atoms with Crippen LogP contribution in [-0.4, -0.2) is 67.0 Å². The van der Waals surface area contributed by atoms with Gasteiger partial charge in [0.25, 0.3) is 5.78 Å². The number of hydrogen-bond donors (Lipinski definition) is 0. The van der Waals surface area contributed by atoms with Crippen molar-refractivity contribution in [2.24, 2.45) is 0 Å². The van der Waals surface area contributed by atoms with E-state index in [4.69, 9.17) is 9.47 Å². The van der Waals surface area contributed by atoms with Crippen LogP contribution in [0.2, 0.25) is 0 Å². The number of morpholine rings is 1. The van der Waals surface area contributed by atoms with Crippen molar-refractivity contribution in [3.63, 3.8) is 0 Å². The molecule has 3 heterocycles. The second-order valence-corrected chi connectivity index (χ2v) is 7.39. The van der Waals surface area contributed by atoms with E-state index in [0.717, 1.165) is 25.2 Å². The molecular formula is C21H26N2O4. The van der Waals surface area contributed by atoms with Crippen LogP contribution in [0.25, 0.3) is 5.76 Å². The van der Waals surface area contributed by atoms with Gasteiger partial charge in [-0.05, 0) is 31.5 Å². The van der Waals surface area contributed by atoms with E-state index in [1.165, 1.54) is 30.9 Å². The summed E-state index contributed by atoms with van der Waals surface area (Å²) in [6.07, 6.45) is 4.36. The predicted octanol–water partition coefficient (Wildman–Crippen LogP) is 1.84. The first-order chi connectivity index (χ1) is 13.2. The Morgan fingerprint density at radius 2 is 1.63 bits per heavy atom. The largest absolute Gasteiger partial charge is 0.466 e. The van der Waals surface area contributed by atoms with E-state index >= 15 is 0 Å². The predicted molar refractivity (Wildman–Crippen MR) is 101 cm³/mol. The highest BCUT2D eigenvalue weighted by molar-refractivity contribution is 6.44. The van der Waals surface area contributed by atoms with Crippen LogP contribution in [0.3, 0.4) is 0 Å². The minimum atomic E-state index is -0.838. The lowest BCUT2D eigenvalue weighted by Crippen LogP contribution is -2.51. The number of ketones is 2. The normalized spacial score (nSPS) is 25.2. The summed E-state index contributed by atoms with van der Waals surface area (Å²) >= 11 is 0. The van der Waals surface area contributed by atoms with Crippen LogP contribution in [0.1, 0.15) is 30.4 Å². The third-order valence-electron chi connectivity index (χ3n) is 5.44. The number of piperidine rings is 1. The molecule has 2 fully saturated rings. The molecule has 3 aliphatic heterocycles. The lowest BCUT2D eigenvalue weighted by atomic mass is 10.0. The van der Waals surface area contributed by atoms with Crippen molar-refractivity contribution in [2.45, 2.75) is 32.0 Å². The smallest absolute Gasteiger partial charge is 0.258 e. The van der Waals surface area contributed by atoms with E-state index in [0.29, 0.717) is 32.1 Å². The minimum Gasteiger partial charge on any atom is -0.466 e. The van der Waals surface area contributed by atoms with Crippen LogP contribution < -0.4 is 0 Å². The van der Waals surface area contributed by atoms with Crippen LogP contribution in [0.15, 0.2) is 30.3 Å². The van der Waals surface area contributed by atoms with E-state index in [1.807, 2.05) is 17.0 Å². The fourth-order valence-electron chi connectivity index (χ4n) is 3.87. The second kappa shape index (κ2) is 8.33. The second-order valence-electron chi connectivity index (χ2n) is 7.39. The summed E-state index contributed by atoms with van der Waals surface area (Å²) in [7, 11) is 0. The Kier molecular flexibility index (Phi) is 5.66. The molecule has 0 amide bonds. The quantitative estimate of drug-likeness (QED) is 0.754. The highest BCUT2D eigenvalue weighted by Crippen LogP contribution is 2.25. The van der Waals surface area contributed by atoms with Crippen LogP contribution >= 0.6 is 0 Å². The summed E-state index contributed by atoms with van der Waals surface area (Å²) in [4.78, 5) is 28.8. The number of carbonyl (C=O) groups is 2. The molecular weight excluding hydrogens is 344 g/mol. The summed E-state index contributed by atoms with van der Waals surface area (Å²) in [6.45, 7) is 5.55. The van der Waals surface area contributed by atoms with Crippen LogP contribution in [0.5, 0.6) is 0 Å². The molecule has 0 aromatic heterocycles. The van der Waals surface area contributed by atoms with Gasteiger partial charge >= 0.3 is 0 Å². The molecule has 0 spiro atoms. The average Bonchev–Trinajstić information content (AvgIpc) is 2.72. The molecule has 2 saturated heterocycles. The number of nitrogens with zero attached hydrogens (tertiary/aromatic N) is 2. The SMILES string of the molecule is O=C1C=C(c2ccc(CN3CCCCC3)cc2)OC(N2CCOCC2)C1=O. The van der Waals surface area contributed by atoms with E-state index in [-0.39, 0.29) is 0 Å². The standard InChI is InChI=1S/C21H26N2O4/c24-18-14-19(27-21(20(18)25)23-10-12-26-13-11-23)17-6-4-16(5-7-17)15-22-8-2-1-3-9-22/h4-7,14,21H,1-3,8-13,15H2. The Morgan fingerprint density at radius 1 is 0.926 bits per heavy atom. The Balaban J connectivity index is 1.45. The molecule has 0 bridgehead atoms. The van der Waals surface area contributed by atoms with E-state index < -0.39 is 17.8 Å². The fourth-order valence-corrected chi connectivity index (χ4v) is 3.87. The molecule has 1 unspecified atom stereocenters. The Bertz CT molecular complexity index is 716. The van der Waals surface area contributed by atoms with Gasteiger partial charge in [-0.3, -0.25) is 19.4 Å². The van der Waals surface area contributed by atoms with Crippen molar-refractivity contribution in [1.29, 1.82) is 0 Å². The van der Waals surface area contributed by atoms with Crippen LogP contribution in [-0.2, 0) is 25.6 Å². The molecule has 3 aliphatic rings. The van der Waals surface area contributed by atoms with Gasteiger partial charge in [0.1, 0.15) is 5.76 Å². The maximum Gasteiger partial charge on any atom is 0.258 e. The summed E-state index contributed by atoms with van der Waals surface area (Å²) in [5.41, 5.74) is 2.08. The average molecular weight is 370 g/mol. The summed E-state index contributed by atoms with van der Waals surface area (Å²) in [6, 6.07) is 8.12. The van der Waals surface area contributed by atoms with Gasteiger partial charge in [0, 0.05) is 31.3 Å². The number of ether oxygens (including phenoxy) is 2. The van der Waals surface area contributed by atoms with Crippen molar-refractivity contribution in [3.05, 3.63) is 41.5 Å². The molecule has 144 valence electrons. The first-order valence-electron chi connectivity index (χ1n) is 9.81. The third kappa shape index (κ3) is 4.29. The van der Waals surface area contributed by atoms with E-state index in [2.05, 4.69) is 17.0 Å². The monoisotopic (exact) mass is 370 g/mol. The van der Waals surface area contributed by atoms with E-state index in [1.54, 1.807) is 0 Å². The Morgan fingerprint density at radius 3 is 2.33 bits per heavy atom. The van der Waals surface area contributed by atoms with Gasteiger partial charge in [0.05, 0.1) is 13.2 Å². The van der Waals surface area contributed by atoms with Gasteiger partial charge in [-0.1, -0.05) is 30.7 Å². The summed E-state index contributed by atoms with van der Waals surface area (Å²) in [5.74, 6) is -0.520. The lowest BCUT2D eigenvalue weighted by molar-refractivity contribution is -0.150. The molecule has 1 atom stereocenters. The van der Waals surface area contributed by atoms with Gasteiger partial charge in [-0.2, -0.15) is 0 Å². The zero-order chi connectivity index (χ0) is 18.6. The number of Topliss-reactive ketones (excluding diaryl/α,β-unsaturated/α-hetero) is 1. The van der Waals surface area contributed by atoms with Gasteiger partial charge in [-0.15, -0.1) is 0 Å². The fraction of sp³-hybridized carbons (Fsp3) is 0.524. The molecule has 0 saturated carbocycles. The lowest BCUT2D eigenvalue weighted by Gasteiger charge is -2.35. The number of hydrogen-bond acceptors (Lipinski definition) is 6. The maximum atomic E-state index is 12.3. The molecule has 1 aromatic carbocycles. The molecule has 0 radical (unpaired) electrons. The highest BCUT2D eigenvalue weighted by atomic mass is 16.5. The molecule has 0 N–H and O–H groups in total. The molecule has 4 rings (SSSR count). The first kappa shape index (κ1) is 18.3. The number of carbonyl (C=O) groups excluding carboxylic acids is 2. The van der Waals surface area contributed by atoms with Crippen molar-refractivity contribution in [2.75, 3.05) is 39.4 Å². The van der Waals surface area contributed by atoms with Gasteiger partial charge in [-0.25, -0.2) is 0 Å². The van der Waals surface area contributed by atoms with Gasteiger partial charge < -0.3 is 9.47 Å². The van der Waals surface area contributed by atoms with Crippen molar-refractivity contribution < 1.29 is 19.1 Å². The molecule has 6 heteroatoms. The zero-order valence-corrected chi connectivity index (χ0v) is 15.6. The van der Waals surface area contributed by atoms with Crippen molar-refractivity contribution in [3.8, 4) is 0 Å². The molecule has 0 aliphatic carbocycles. The number of benzene rings is 1. The summed E-state index contributed by atoms with van der Waals surface area (Å²) < 4.78 is 11.3. The third-order valence-corrected chi connectivity index (χ3v) is 5.44. The number of allylic oxidation sites excluding steroid dienone is 1. The maximum absolute atomic E-state index is 12.3. The van der Waals surface area contributed by atoms with Crippen LogP contribution in [0.4, 0.5) is 0 Å². The molecule has 1 aromatic rings. The first-order valence-corrected chi connectivity index (χ1v) is 9.81. The topological polar surface area (TPSA) is 59.1 Å². The highest BCUT2D eigenvalue weighted by Gasteiger charge is 2.37. The van der Waals surface area contributed by atoms with E-state index in [9.17, 15) is 9.59 Å². The van der Waals surface area contributed by atoms with Crippen LogP contribution in [0, 0.1) is 0 Å². The zero-order valence-electron chi connectivity index (χ0n) is 15.6. The molecule has 6 nitrogen and oxygen atoms in total. The van der Waals surface area contributed by atoms with Crippen molar-refractivity contribution in [1.82, 2.24) is 9.80 Å². The Hall–Kier alpha value is -2.02. The minimum absolute atomic E-state index is 0.473. The summed E-state index contributed by atoms with van der Waals surface area (Å²) in [5, 5.41) is 0. The Labute approximate surface area is 159 Å². The van der Waals surface area contributed by atoms with Gasteiger partial charge in [0.15, 0.2) is 0 Å². The molecule has 27 heavy (non-hydrogen) atoms. The number of rotatable bonds is 4. The van der Waals surface area contributed by atoms with Crippen molar-refractivity contribution >= 4 is 17.3 Å². The number of likely N-dealkylation sites (tertiary alicyclic amines) is 1. The van der Waals surface area contributed by atoms with Gasteiger partial charge in [0.2, 0.25) is 12.0 Å².